The lowest BCUT2D eigenvalue weighted by Gasteiger charge is -2.35. The van der Waals surface area contributed by atoms with Crippen LogP contribution < -0.4 is 5.73 Å². The van der Waals surface area contributed by atoms with E-state index in [2.05, 4.69) is 42.2 Å². The van der Waals surface area contributed by atoms with Crippen LogP contribution in [-0.4, -0.2) is 47.9 Å². The van der Waals surface area contributed by atoms with Crippen molar-refractivity contribution in [3.8, 4) is 0 Å². The topological polar surface area (TPSA) is 49.6 Å². The van der Waals surface area contributed by atoms with Crippen molar-refractivity contribution in [3.63, 3.8) is 0 Å². The molecule has 1 aromatic carbocycles. The number of piperidine rings is 1. The largest absolute Gasteiger partial charge is 0.341 e. The lowest BCUT2D eigenvalue weighted by Crippen LogP contribution is -2.49. The predicted octanol–water partition coefficient (Wildman–Crippen LogP) is 2.73. The van der Waals surface area contributed by atoms with E-state index in [0.29, 0.717) is 5.92 Å². The highest BCUT2D eigenvalue weighted by atomic mass is 16.2. The molecule has 0 saturated carbocycles. The van der Waals surface area contributed by atoms with Crippen LogP contribution in [0.15, 0.2) is 30.3 Å². The van der Waals surface area contributed by atoms with Crippen LogP contribution in [0.5, 0.6) is 0 Å². The molecule has 134 valence electrons. The Kier molecular flexibility index (Phi) is 7.25. The molecule has 4 heteroatoms. The van der Waals surface area contributed by atoms with Gasteiger partial charge in [0.15, 0.2) is 0 Å². The Bertz CT molecular complexity index is 495. The summed E-state index contributed by atoms with van der Waals surface area (Å²) >= 11 is 0. The van der Waals surface area contributed by atoms with E-state index in [1.165, 1.54) is 5.56 Å². The highest BCUT2D eigenvalue weighted by Gasteiger charge is 2.26. The van der Waals surface area contributed by atoms with Crippen LogP contribution in [0.3, 0.4) is 0 Å². The van der Waals surface area contributed by atoms with Crippen LogP contribution in [-0.2, 0) is 11.3 Å². The van der Waals surface area contributed by atoms with E-state index in [1.807, 2.05) is 18.7 Å². The summed E-state index contributed by atoms with van der Waals surface area (Å²) in [4.78, 5) is 17.0. The number of nitrogens with zero attached hydrogens (tertiary/aromatic N) is 2. The number of hydrogen-bond acceptors (Lipinski definition) is 3. The molecule has 1 saturated heterocycles. The standard InChI is InChI=1S/C20H33N3O/c1-4-23(20(24)19(21)16(2)3)15-18-10-12-22(13-11-18)14-17-8-6-5-7-9-17/h5-9,16,18-19H,4,10-15,21H2,1-3H3. The minimum atomic E-state index is -0.372. The van der Waals surface area contributed by atoms with E-state index >= 15 is 0 Å². The van der Waals surface area contributed by atoms with Crippen molar-refractivity contribution < 1.29 is 4.79 Å². The van der Waals surface area contributed by atoms with Crippen molar-refractivity contribution in [1.82, 2.24) is 9.80 Å². The molecule has 2 N–H and O–H groups in total. The van der Waals surface area contributed by atoms with Crippen LogP contribution in [0.4, 0.5) is 0 Å². The molecule has 0 spiro atoms. The van der Waals surface area contributed by atoms with Gasteiger partial charge >= 0.3 is 0 Å². The van der Waals surface area contributed by atoms with Crippen molar-refractivity contribution in [2.45, 2.75) is 46.2 Å². The molecule has 1 amide bonds. The van der Waals surface area contributed by atoms with Crippen molar-refractivity contribution in [1.29, 1.82) is 0 Å². The highest BCUT2D eigenvalue weighted by molar-refractivity contribution is 5.81. The van der Waals surface area contributed by atoms with Gasteiger partial charge in [-0.05, 0) is 50.3 Å². The molecule has 24 heavy (non-hydrogen) atoms. The molecule has 1 fully saturated rings. The van der Waals surface area contributed by atoms with E-state index in [1.54, 1.807) is 0 Å². The van der Waals surface area contributed by atoms with Gasteiger partial charge in [0.25, 0.3) is 0 Å². The van der Waals surface area contributed by atoms with Crippen LogP contribution in [0.25, 0.3) is 0 Å². The molecular formula is C20H33N3O. The highest BCUT2D eigenvalue weighted by Crippen LogP contribution is 2.20. The van der Waals surface area contributed by atoms with Crippen LogP contribution >= 0.6 is 0 Å². The van der Waals surface area contributed by atoms with Crippen molar-refractivity contribution >= 4 is 5.91 Å². The van der Waals surface area contributed by atoms with Gasteiger partial charge in [-0.25, -0.2) is 0 Å². The number of carbonyl (C=O) groups excluding carboxylic acids is 1. The Labute approximate surface area is 147 Å². The maximum absolute atomic E-state index is 12.5. The summed E-state index contributed by atoms with van der Waals surface area (Å²) < 4.78 is 0. The summed E-state index contributed by atoms with van der Waals surface area (Å²) in [6.45, 7) is 10.9. The third-order valence-corrected chi connectivity index (χ3v) is 5.13. The number of carbonyl (C=O) groups is 1. The van der Waals surface area contributed by atoms with Crippen LogP contribution in [0, 0.1) is 11.8 Å². The van der Waals surface area contributed by atoms with Crippen molar-refractivity contribution in [2.75, 3.05) is 26.2 Å². The van der Waals surface area contributed by atoms with E-state index in [-0.39, 0.29) is 17.9 Å². The van der Waals surface area contributed by atoms with Gasteiger partial charge in [-0.2, -0.15) is 0 Å². The number of benzene rings is 1. The molecule has 1 aromatic rings. The molecule has 1 aliphatic rings. The summed E-state index contributed by atoms with van der Waals surface area (Å²) in [5.41, 5.74) is 7.43. The first-order valence-electron chi connectivity index (χ1n) is 9.32. The molecule has 0 aliphatic carbocycles. The number of hydrogen-bond donors (Lipinski definition) is 1. The number of likely N-dealkylation sites (N-methyl/N-ethyl adjacent to an activating group) is 1. The average Bonchev–Trinajstić information content (AvgIpc) is 2.60. The average molecular weight is 332 g/mol. The van der Waals surface area contributed by atoms with Gasteiger partial charge in [0.1, 0.15) is 0 Å². The Hall–Kier alpha value is -1.39. The lowest BCUT2D eigenvalue weighted by molar-refractivity contribution is -0.134. The van der Waals surface area contributed by atoms with E-state index in [4.69, 9.17) is 5.73 Å². The third-order valence-electron chi connectivity index (χ3n) is 5.13. The van der Waals surface area contributed by atoms with E-state index in [9.17, 15) is 4.79 Å². The monoisotopic (exact) mass is 331 g/mol. The SMILES string of the molecule is CCN(CC1CCN(Cc2ccccc2)CC1)C(=O)C(N)C(C)C. The lowest BCUT2D eigenvalue weighted by atomic mass is 9.95. The second kappa shape index (κ2) is 9.19. The summed E-state index contributed by atoms with van der Waals surface area (Å²) in [6, 6.07) is 10.3. The quantitative estimate of drug-likeness (QED) is 0.836. The maximum atomic E-state index is 12.5. The van der Waals surface area contributed by atoms with Gasteiger partial charge in [0, 0.05) is 19.6 Å². The van der Waals surface area contributed by atoms with Gasteiger partial charge in [0.05, 0.1) is 6.04 Å². The van der Waals surface area contributed by atoms with Gasteiger partial charge in [-0.15, -0.1) is 0 Å². The van der Waals surface area contributed by atoms with E-state index in [0.717, 1.165) is 45.6 Å². The number of rotatable bonds is 7. The molecule has 0 bridgehead atoms. The Morgan fingerprint density at radius 1 is 1.25 bits per heavy atom. The van der Waals surface area contributed by atoms with E-state index < -0.39 is 0 Å². The zero-order chi connectivity index (χ0) is 17.5. The number of amides is 1. The van der Waals surface area contributed by atoms with Crippen molar-refractivity contribution in [2.24, 2.45) is 17.6 Å². The molecule has 1 heterocycles. The fraction of sp³-hybridized carbons (Fsp3) is 0.650. The van der Waals surface area contributed by atoms with Crippen molar-refractivity contribution in [3.05, 3.63) is 35.9 Å². The van der Waals surface area contributed by atoms with Gasteiger partial charge in [-0.1, -0.05) is 44.2 Å². The molecule has 1 atom stereocenters. The fourth-order valence-electron chi connectivity index (χ4n) is 3.35. The molecule has 2 rings (SSSR count). The molecule has 1 aliphatic heterocycles. The molecule has 0 aromatic heterocycles. The van der Waals surface area contributed by atoms with Crippen LogP contribution in [0.2, 0.25) is 0 Å². The number of nitrogens with two attached hydrogens (primary N) is 1. The van der Waals surface area contributed by atoms with Gasteiger partial charge in [0.2, 0.25) is 5.91 Å². The maximum Gasteiger partial charge on any atom is 0.239 e. The second-order valence-electron chi connectivity index (χ2n) is 7.35. The normalized spacial score (nSPS) is 17.9. The Balaban J connectivity index is 1.80. The third kappa shape index (κ3) is 5.32. The molecule has 1 unspecified atom stereocenters. The first-order chi connectivity index (χ1) is 11.5. The number of likely N-dealkylation sites (tertiary alicyclic amines) is 1. The first-order valence-corrected chi connectivity index (χ1v) is 9.32. The summed E-state index contributed by atoms with van der Waals surface area (Å²) in [6.07, 6.45) is 2.32. The smallest absolute Gasteiger partial charge is 0.239 e. The van der Waals surface area contributed by atoms with Crippen LogP contribution in [0.1, 0.15) is 39.2 Å². The minimum Gasteiger partial charge on any atom is -0.341 e. The summed E-state index contributed by atoms with van der Waals surface area (Å²) in [5.74, 6) is 0.902. The Morgan fingerprint density at radius 3 is 2.42 bits per heavy atom. The van der Waals surface area contributed by atoms with Gasteiger partial charge < -0.3 is 10.6 Å². The summed E-state index contributed by atoms with van der Waals surface area (Å²) in [5, 5.41) is 0. The zero-order valence-corrected chi connectivity index (χ0v) is 15.4. The molecule has 4 nitrogen and oxygen atoms in total. The second-order valence-corrected chi connectivity index (χ2v) is 7.35. The fourth-order valence-corrected chi connectivity index (χ4v) is 3.35. The predicted molar refractivity (Wildman–Crippen MR) is 99.5 cm³/mol. The van der Waals surface area contributed by atoms with Gasteiger partial charge in [-0.3, -0.25) is 9.69 Å². The Morgan fingerprint density at radius 2 is 1.88 bits per heavy atom. The summed E-state index contributed by atoms with van der Waals surface area (Å²) in [7, 11) is 0. The molecule has 0 radical (unpaired) electrons. The minimum absolute atomic E-state index is 0.110. The first kappa shape index (κ1) is 18.9. The zero-order valence-electron chi connectivity index (χ0n) is 15.4. The molecular weight excluding hydrogens is 298 g/mol.